The standard InChI is InChI=1S/C25H19N/c1-3-12-21(13-4-1)25(22-14-5-2-6-15-22)17-9-11-20-18-19-10-7-8-16-23(19)26-24(20)25/h1-16,18H,17H2. The Kier molecular flexibility index (Phi) is 3.46. The highest BCUT2D eigenvalue weighted by Gasteiger charge is 2.39. The van der Waals surface area contributed by atoms with E-state index >= 15 is 0 Å². The number of aromatic nitrogens is 1. The summed E-state index contributed by atoms with van der Waals surface area (Å²) in [7, 11) is 0. The Balaban J connectivity index is 1.88. The van der Waals surface area contributed by atoms with Crippen LogP contribution in [0.1, 0.15) is 28.8 Å². The second-order valence-electron chi connectivity index (χ2n) is 6.86. The molecule has 1 aliphatic carbocycles. The van der Waals surface area contributed by atoms with Crippen molar-refractivity contribution < 1.29 is 0 Å². The first kappa shape index (κ1) is 15.1. The highest BCUT2D eigenvalue weighted by Crippen LogP contribution is 2.46. The molecule has 1 aromatic heterocycles. The summed E-state index contributed by atoms with van der Waals surface area (Å²) in [4.78, 5) is 5.17. The van der Waals surface area contributed by atoms with E-state index in [2.05, 4.69) is 103 Å². The number of allylic oxidation sites excluding steroid dienone is 1. The summed E-state index contributed by atoms with van der Waals surface area (Å²) in [6.45, 7) is 0. The van der Waals surface area contributed by atoms with Crippen LogP contribution in [0.4, 0.5) is 0 Å². The van der Waals surface area contributed by atoms with Crippen molar-refractivity contribution in [2.24, 2.45) is 0 Å². The first-order valence-corrected chi connectivity index (χ1v) is 9.06. The topological polar surface area (TPSA) is 12.9 Å². The zero-order valence-electron chi connectivity index (χ0n) is 14.5. The molecule has 1 aliphatic rings. The van der Waals surface area contributed by atoms with Crippen molar-refractivity contribution in [1.29, 1.82) is 0 Å². The fourth-order valence-corrected chi connectivity index (χ4v) is 4.18. The lowest BCUT2D eigenvalue weighted by Crippen LogP contribution is -2.32. The van der Waals surface area contributed by atoms with Crippen LogP contribution in [0.3, 0.4) is 0 Å². The zero-order valence-corrected chi connectivity index (χ0v) is 14.5. The minimum Gasteiger partial charge on any atom is -0.251 e. The third-order valence-corrected chi connectivity index (χ3v) is 5.41. The van der Waals surface area contributed by atoms with Crippen LogP contribution in [0.5, 0.6) is 0 Å². The maximum absolute atomic E-state index is 5.17. The van der Waals surface area contributed by atoms with E-state index in [1.807, 2.05) is 0 Å². The van der Waals surface area contributed by atoms with Gasteiger partial charge in [-0.25, -0.2) is 0 Å². The molecule has 4 aromatic rings. The Morgan fingerprint density at radius 3 is 2.00 bits per heavy atom. The number of para-hydroxylation sites is 1. The molecule has 0 atom stereocenters. The Bertz CT molecular complexity index is 1060. The summed E-state index contributed by atoms with van der Waals surface area (Å²) in [6, 6.07) is 32.2. The molecule has 0 bridgehead atoms. The van der Waals surface area contributed by atoms with Crippen LogP contribution < -0.4 is 0 Å². The molecule has 0 spiro atoms. The molecule has 1 nitrogen and oxygen atoms in total. The van der Waals surface area contributed by atoms with Gasteiger partial charge in [0, 0.05) is 5.39 Å². The lowest BCUT2D eigenvalue weighted by Gasteiger charge is -2.37. The molecule has 0 radical (unpaired) electrons. The molecule has 26 heavy (non-hydrogen) atoms. The quantitative estimate of drug-likeness (QED) is 0.439. The van der Waals surface area contributed by atoms with Gasteiger partial charge in [0.1, 0.15) is 0 Å². The molecular formula is C25H19N. The molecule has 0 N–H and O–H groups in total. The molecule has 124 valence electrons. The van der Waals surface area contributed by atoms with Gasteiger partial charge in [0.05, 0.1) is 16.6 Å². The largest absolute Gasteiger partial charge is 0.251 e. The van der Waals surface area contributed by atoms with E-state index in [4.69, 9.17) is 4.98 Å². The third kappa shape index (κ3) is 2.21. The van der Waals surface area contributed by atoms with E-state index in [-0.39, 0.29) is 5.41 Å². The summed E-state index contributed by atoms with van der Waals surface area (Å²) in [5, 5.41) is 1.19. The summed E-state index contributed by atoms with van der Waals surface area (Å²) >= 11 is 0. The third-order valence-electron chi connectivity index (χ3n) is 5.41. The Labute approximate surface area is 153 Å². The zero-order chi connectivity index (χ0) is 17.4. The molecule has 0 saturated heterocycles. The maximum Gasteiger partial charge on any atom is 0.0706 e. The molecule has 5 rings (SSSR count). The van der Waals surface area contributed by atoms with Gasteiger partial charge < -0.3 is 0 Å². The molecule has 0 amide bonds. The van der Waals surface area contributed by atoms with E-state index in [9.17, 15) is 0 Å². The smallest absolute Gasteiger partial charge is 0.0706 e. The summed E-state index contributed by atoms with van der Waals surface area (Å²) in [6.07, 6.45) is 5.43. The normalized spacial score (nSPS) is 14.9. The summed E-state index contributed by atoms with van der Waals surface area (Å²) < 4.78 is 0. The highest BCUT2D eigenvalue weighted by molar-refractivity contribution is 5.83. The average Bonchev–Trinajstić information content (AvgIpc) is 2.73. The van der Waals surface area contributed by atoms with Gasteiger partial charge in [0.15, 0.2) is 0 Å². The van der Waals surface area contributed by atoms with E-state index in [1.54, 1.807) is 0 Å². The molecule has 1 heterocycles. The molecule has 3 aromatic carbocycles. The second-order valence-corrected chi connectivity index (χ2v) is 6.86. The van der Waals surface area contributed by atoms with E-state index in [0.29, 0.717) is 0 Å². The number of benzene rings is 3. The first-order chi connectivity index (χ1) is 12.9. The number of nitrogens with zero attached hydrogens (tertiary/aromatic N) is 1. The number of fused-ring (bicyclic) bond motifs is 2. The van der Waals surface area contributed by atoms with Crippen molar-refractivity contribution in [2.45, 2.75) is 11.8 Å². The summed E-state index contributed by atoms with van der Waals surface area (Å²) in [5.41, 5.74) is 5.74. The van der Waals surface area contributed by atoms with Crippen LogP contribution in [-0.2, 0) is 5.41 Å². The van der Waals surface area contributed by atoms with Crippen molar-refractivity contribution in [2.75, 3.05) is 0 Å². The van der Waals surface area contributed by atoms with Gasteiger partial charge in [0.2, 0.25) is 0 Å². The summed E-state index contributed by atoms with van der Waals surface area (Å²) in [5.74, 6) is 0. The fourth-order valence-electron chi connectivity index (χ4n) is 4.18. The maximum atomic E-state index is 5.17. The van der Waals surface area contributed by atoms with Crippen molar-refractivity contribution >= 4 is 17.0 Å². The van der Waals surface area contributed by atoms with E-state index in [1.165, 1.54) is 22.1 Å². The van der Waals surface area contributed by atoms with Crippen molar-refractivity contribution in [1.82, 2.24) is 4.98 Å². The molecule has 0 fully saturated rings. The van der Waals surface area contributed by atoms with Crippen LogP contribution in [-0.4, -0.2) is 4.98 Å². The lowest BCUT2D eigenvalue weighted by molar-refractivity contribution is 0.602. The van der Waals surface area contributed by atoms with Gasteiger partial charge >= 0.3 is 0 Å². The van der Waals surface area contributed by atoms with Crippen LogP contribution in [0.2, 0.25) is 0 Å². The number of rotatable bonds is 2. The van der Waals surface area contributed by atoms with E-state index < -0.39 is 0 Å². The Morgan fingerprint density at radius 2 is 1.31 bits per heavy atom. The highest BCUT2D eigenvalue weighted by atomic mass is 14.7. The van der Waals surface area contributed by atoms with Gasteiger partial charge in [-0.15, -0.1) is 0 Å². The average molecular weight is 333 g/mol. The minimum absolute atomic E-state index is 0.253. The van der Waals surface area contributed by atoms with Gasteiger partial charge in [-0.05, 0) is 35.2 Å². The molecule has 0 saturated carbocycles. The van der Waals surface area contributed by atoms with Crippen molar-refractivity contribution in [3.63, 3.8) is 0 Å². The fraction of sp³-hybridized carbons (Fsp3) is 0.0800. The van der Waals surface area contributed by atoms with Gasteiger partial charge in [-0.1, -0.05) is 91.0 Å². The van der Waals surface area contributed by atoms with Gasteiger partial charge in [-0.3, -0.25) is 4.98 Å². The number of pyridine rings is 1. The molecular weight excluding hydrogens is 314 g/mol. The Morgan fingerprint density at radius 1 is 0.692 bits per heavy atom. The van der Waals surface area contributed by atoms with Crippen molar-refractivity contribution in [3.05, 3.63) is 119 Å². The Hall–Kier alpha value is -3.19. The second kappa shape index (κ2) is 5.96. The lowest BCUT2D eigenvalue weighted by atomic mass is 9.66. The minimum atomic E-state index is -0.253. The van der Waals surface area contributed by atoms with Crippen LogP contribution in [0, 0.1) is 0 Å². The van der Waals surface area contributed by atoms with Crippen LogP contribution >= 0.6 is 0 Å². The first-order valence-electron chi connectivity index (χ1n) is 9.06. The SMILES string of the molecule is C1=Cc2cc3ccccc3nc2C(c2ccccc2)(c2ccccc2)C1. The molecule has 0 aliphatic heterocycles. The predicted octanol–water partition coefficient (Wildman–Crippen LogP) is 5.99. The number of hydrogen-bond acceptors (Lipinski definition) is 1. The molecule has 0 unspecified atom stereocenters. The van der Waals surface area contributed by atoms with Gasteiger partial charge in [0.25, 0.3) is 0 Å². The van der Waals surface area contributed by atoms with E-state index in [0.717, 1.165) is 17.6 Å². The van der Waals surface area contributed by atoms with Crippen LogP contribution in [0.15, 0.2) is 97.1 Å². The van der Waals surface area contributed by atoms with Crippen LogP contribution in [0.25, 0.3) is 17.0 Å². The predicted molar refractivity (Wildman–Crippen MR) is 108 cm³/mol. The molecule has 1 heteroatoms. The van der Waals surface area contributed by atoms with Gasteiger partial charge in [-0.2, -0.15) is 0 Å². The van der Waals surface area contributed by atoms with Crippen molar-refractivity contribution in [3.8, 4) is 0 Å². The monoisotopic (exact) mass is 333 g/mol. The number of hydrogen-bond donors (Lipinski definition) is 0.